The third-order valence-electron chi connectivity index (χ3n) is 1.30. The highest BCUT2D eigenvalue weighted by atomic mass is 16.5. The number of hydrogen-bond donors (Lipinski definition) is 1. The first kappa shape index (κ1) is 9.48. The molecule has 2 heteroatoms. The van der Waals surface area contributed by atoms with Crippen LogP contribution < -0.4 is 0 Å². The van der Waals surface area contributed by atoms with Gasteiger partial charge in [0.15, 0.2) is 0 Å². The van der Waals surface area contributed by atoms with E-state index in [1.807, 2.05) is 13.8 Å². The Kier molecular flexibility index (Phi) is 5.00. The van der Waals surface area contributed by atoms with E-state index in [0.29, 0.717) is 13.0 Å². The number of aliphatic hydroxyl groups excluding tert-OH is 1. The van der Waals surface area contributed by atoms with Gasteiger partial charge < -0.3 is 9.84 Å². The molecule has 1 N–H and O–H groups in total. The molecule has 0 spiro atoms. The Morgan fingerprint density at radius 1 is 1.70 bits per heavy atom. The van der Waals surface area contributed by atoms with Crippen molar-refractivity contribution in [1.82, 2.24) is 0 Å². The van der Waals surface area contributed by atoms with Gasteiger partial charge in [-0.15, -0.1) is 12.3 Å². The minimum absolute atomic E-state index is 0.152. The number of ether oxygens (including phenoxy) is 1. The minimum atomic E-state index is -0.523. The summed E-state index contributed by atoms with van der Waals surface area (Å²) in [6.45, 7) is 4.31. The first-order chi connectivity index (χ1) is 4.72. The summed E-state index contributed by atoms with van der Waals surface area (Å²) in [6, 6.07) is 0. The molecule has 0 amide bonds. The molecule has 0 rings (SSSR count). The van der Waals surface area contributed by atoms with E-state index in [1.54, 1.807) is 0 Å². The summed E-state index contributed by atoms with van der Waals surface area (Å²) in [7, 11) is 0. The van der Waals surface area contributed by atoms with Gasteiger partial charge in [0, 0.05) is 13.0 Å². The van der Waals surface area contributed by atoms with Crippen LogP contribution in [-0.4, -0.2) is 23.9 Å². The number of hydrogen-bond acceptors (Lipinski definition) is 2. The molecule has 0 heterocycles. The third-order valence-corrected chi connectivity index (χ3v) is 1.30. The topological polar surface area (TPSA) is 29.5 Å². The van der Waals surface area contributed by atoms with Gasteiger partial charge >= 0.3 is 0 Å². The average Bonchev–Trinajstić information content (AvgIpc) is 1.89. The van der Waals surface area contributed by atoms with Crippen LogP contribution in [0.2, 0.25) is 0 Å². The summed E-state index contributed by atoms with van der Waals surface area (Å²) in [6.07, 6.45) is 4.69. The van der Waals surface area contributed by atoms with Gasteiger partial charge in [0.25, 0.3) is 0 Å². The standard InChI is InChI=1S/C8H14O2/c1-4-6-8(9)7(3)10-5-2/h1,7-9H,5-6H2,2-3H3. The molecule has 0 aliphatic heterocycles. The van der Waals surface area contributed by atoms with Crippen LogP contribution in [0.15, 0.2) is 0 Å². The van der Waals surface area contributed by atoms with Crippen LogP contribution in [0.25, 0.3) is 0 Å². The molecule has 0 aliphatic carbocycles. The number of terminal acetylenes is 1. The quantitative estimate of drug-likeness (QED) is 0.588. The zero-order chi connectivity index (χ0) is 7.98. The Bertz CT molecular complexity index is 115. The molecule has 0 radical (unpaired) electrons. The maximum absolute atomic E-state index is 9.18. The van der Waals surface area contributed by atoms with Gasteiger partial charge in [-0.25, -0.2) is 0 Å². The van der Waals surface area contributed by atoms with Crippen LogP contribution in [0.5, 0.6) is 0 Å². The van der Waals surface area contributed by atoms with Gasteiger partial charge in [0.05, 0.1) is 12.2 Å². The van der Waals surface area contributed by atoms with Crippen LogP contribution in [0, 0.1) is 12.3 Å². The van der Waals surface area contributed by atoms with Crippen LogP contribution in [0.1, 0.15) is 20.3 Å². The fourth-order valence-corrected chi connectivity index (χ4v) is 0.661. The fourth-order valence-electron chi connectivity index (χ4n) is 0.661. The van der Waals surface area contributed by atoms with E-state index >= 15 is 0 Å². The molecule has 0 aromatic rings. The summed E-state index contributed by atoms with van der Waals surface area (Å²) < 4.78 is 5.11. The largest absolute Gasteiger partial charge is 0.389 e. The highest BCUT2D eigenvalue weighted by Crippen LogP contribution is 2.01. The zero-order valence-electron chi connectivity index (χ0n) is 6.50. The van der Waals surface area contributed by atoms with Gasteiger partial charge in [-0.1, -0.05) is 0 Å². The molecule has 2 nitrogen and oxygen atoms in total. The summed E-state index contributed by atoms with van der Waals surface area (Å²) in [4.78, 5) is 0. The highest BCUT2D eigenvalue weighted by molar-refractivity contribution is 4.88. The smallest absolute Gasteiger partial charge is 0.0907 e. The lowest BCUT2D eigenvalue weighted by molar-refractivity contribution is -0.0187. The van der Waals surface area contributed by atoms with E-state index in [9.17, 15) is 5.11 Å². The predicted octanol–water partition coefficient (Wildman–Crippen LogP) is 0.796. The second-order valence-corrected chi connectivity index (χ2v) is 2.14. The van der Waals surface area contributed by atoms with Crippen molar-refractivity contribution in [3.8, 4) is 12.3 Å². The molecule has 0 fully saturated rings. The van der Waals surface area contributed by atoms with Crippen molar-refractivity contribution in [3.63, 3.8) is 0 Å². The van der Waals surface area contributed by atoms with E-state index in [4.69, 9.17) is 11.2 Å². The number of aliphatic hydroxyl groups is 1. The van der Waals surface area contributed by atoms with E-state index in [2.05, 4.69) is 5.92 Å². The molecule has 2 atom stereocenters. The summed E-state index contributed by atoms with van der Waals surface area (Å²) in [5.74, 6) is 2.38. The SMILES string of the molecule is C#CCC(O)C(C)OCC. The van der Waals surface area contributed by atoms with E-state index in [0.717, 1.165) is 0 Å². The highest BCUT2D eigenvalue weighted by Gasteiger charge is 2.11. The van der Waals surface area contributed by atoms with Gasteiger partial charge in [-0.2, -0.15) is 0 Å². The van der Waals surface area contributed by atoms with Crippen LogP contribution in [0.3, 0.4) is 0 Å². The molecule has 58 valence electrons. The fraction of sp³-hybridized carbons (Fsp3) is 0.750. The van der Waals surface area contributed by atoms with Crippen molar-refractivity contribution >= 4 is 0 Å². The van der Waals surface area contributed by atoms with Crippen molar-refractivity contribution in [3.05, 3.63) is 0 Å². The summed E-state index contributed by atoms with van der Waals surface area (Å²) in [5.41, 5.74) is 0. The Hall–Kier alpha value is -0.520. The molecule has 0 saturated carbocycles. The van der Waals surface area contributed by atoms with Crippen molar-refractivity contribution in [2.24, 2.45) is 0 Å². The number of rotatable bonds is 4. The van der Waals surface area contributed by atoms with Crippen molar-refractivity contribution in [2.45, 2.75) is 32.5 Å². The van der Waals surface area contributed by atoms with Crippen molar-refractivity contribution in [1.29, 1.82) is 0 Å². The molecular weight excluding hydrogens is 128 g/mol. The zero-order valence-corrected chi connectivity index (χ0v) is 6.50. The Morgan fingerprint density at radius 2 is 2.30 bits per heavy atom. The van der Waals surface area contributed by atoms with Crippen LogP contribution in [-0.2, 0) is 4.74 Å². The maximum Gasteiger partial charge on any atom is 0.0907 e. The van der Waals surface area contributed by atoms with E-state index in [-0.39, 0.29) is 6.10 Å². The lowest BCUT2D eigenvalue weighted by Gasteiger charge is -2.15. The Labute approximate surface area is 62.2 Å². The summed E-state index contributed by atoms with van der Waals surface area (Å²) in [5, 5.41) is 9.18. The van der Waals surface area contributed by atoms with Crippen LogP contribution in [0.4, 0.5) is 0 Å². The molecule has 10 heavy (non-hydrogen) atoms. The Morgan fingerprint density at radius 3 is 2.70 bits per heavy atom. The molecule has 0 aromatic heterocycles. The first-order valence-corrected chi connectivity index (χ1v) is 3.45. The first-order valence-electron chi connectivity index (χ1n) is 3.45. The Balaban J connectivity index is 3.50. The maximum atomic E-state index is 9.18. The van der Waals surface area contributed by atoms with Crippen molar-refractivity contribution < 1.29 is 9.84 Å². The van der Waals surface area contributed by atoms with Crippen LogP contribution >= 0.6 is 0 Å². The lowest BCUT2D eigenvalue weighted by atomic mass is 10.2. The molecule has 0 saturated heterocycles. The summed E-state index contributed by atoms with van der Waals surface area (Å²) >= 11 is 0. The third kappa shape index (κ3) is 3.49. The molecule has 2 unspecified atom stereocenters. The molecule has 0 aromatic carbocycles. The predicted molar refractivity (Wildman–Crippen MR) is 40.5 cm³/mol. The molecule has 0 bridgehead atoms. The monoisotopic (exact) mass is 142 g/mol. The minimum Gasteiger partial charge on any atom is -0.389 e. The second-order valence-electron chi connectivity index (χ2n) is 2.14. The van der Waals surface area contributed by atoms with Gasteiger partial charge in [-0.3, -0.25) is 0 Å². The van der Waals surface area contributed by atoms with Crippen molar-refractivity contribution in [2.75, 3.05) is 6.61 Å². The molecular formula is C8H14O2. The van der Waals surface area contributed by atoms with Gasteiger partial charge in [0.1, 0.15) is 0 Å². The lowest BCUT2D eigenvalue weighted by Crippen LogP contribution is -2.25. The average molecular weight is 142 g/mol. The van der Waals surface area contributed by atoms with E-state index < -0.39 is 6.10 Å². The van der Waals surface area contributed by atoms with E-state index in [1.165, 1.54) is 0 Å². The van der Waals surface area contributed by atoms with Gasteiger partial charge in [-0.05, 0) is 13.8 Å². The normalized spacial score (nSPS) is 15.8. The molecule has 0 aliphatic rings. The van der Waals surface area contributed by atoms with Gasteiger partial charge in [0.2, 0.25) is 0 Å². The second kappa shape index (κ2) is 5.28.